The number of carbonyl (C=O) groups is 1. The number of nitrogens with zero attached hydrogens (tertiary/aromatic N) is 1. The maximum absolute atomic E-state index is 11.6. The first kappa shape index (κ1) is 22.5. The summed E-state index contributed by atoms with van der Waals surface area (Å²) in [5.41, 5.74) is 0.651. The van der Waals surface area contributed by atoms with Gasteiger partial charge in [0.25, 0.3) is 0 Å². The quantitative estimate of drug-likeness (QED) is 0.286. The van der Waals surface area contributed by atoms with Crippen molar-refractivity contribution < 1.29 is 9.53 Å². The summed E-state index contributed by atoms with van der Waals surface area (Å²) in [6, 6.07) is 9.22. The van der Waals surface area contributed by atoms with Gasteiger partial charge in [-0.25, -0.2) is 4.79 Å². The van der Waals surface area contributed by atoms with Crippen LogP contribution in [0.5, 0.6) is 0 Å². The lowest BCUT2D eigenvalue weighted by atomic mass is 10.0. The predicted molar refractivity (Wildman–Crippen MR) is 110 cm³/mol. The molecule has 0 aliphatic carbocycles. The summed E-state index contributed by atoms with van der Waals surface area (Å²) < 4.78 is 5.15. The fourth-order valence-electron chi connectivity index (χ4n) is 3.10. The molecular weight excluding hydrogens is 322 g/mol. The maximum atomic E-state index is 11.6. The highest BCUT2D eigenvalue weighted by molar-refractivity contribution is 5.73. The Labute approximate surface area is 160 Å². The van der Waals surface area contributed by atoms with Gasteiger partial charge in [0.05, 0.1) is 12.3 Å². The molecule has 0 atom stereocenters. The van der Waals surface area contributed by atoms with Gasteiger partial charge in [-0.15, -0.1) is 0 Å². The van der Waals surface area contributed by atoms with Crippen LogP contribution in [0.4, 0.5) is 10.5 Å². The number of hydrogen-bond donors (Lipinski definition) is 0. The van der Waals surface area contributed by atoms with Crippen molar-refractivity contribution in [1.82, 2.24) is 5.32 Å². The molecule has 3 heteroatoms. The number of benzene rings is 1. The van der Waals surface area contributed by atoms with Crippen molar-refractivity contribution in [3.63, 3.8) is 0 Å². The lowest BCUT2D eigenvalue weighted by Crippen LogP contribution is -2.13. The van der Waals surface area contributed by atoms with E-state index >= 15 is 0 Å². The second kappa shape index (κ2) is 16.9. The van der Waals surface area contributed by atoms with Crippen molar-refractivity contribution in [2.24, 2.45) is 0 Å². The van der Waals surface area contributed by atoms with E-state index in [1.807, 2.05) is 18.2 Å². The number of rotatable bonds is 16. The lowest BCUT2D eigenvalue weighted by Gasteiger charge is -2.05. The van der Waals surface area contributed by atoms with Gasteiger partial charge in [0.2, 0.25) is 0 Å². The van der Waals surface area contributed by atoms with Crippen LogP contribution in [0.1, 0.15) is 96.8 Å². The average Bonchev–Trinajstić information content (AvgIpc) is 2.65. The molecule has 0 saturated heterocycles. The molecule has 1 aromatic rings. The van der Waals surface area contributed by atoms with Gasteiger partial charge < -0.3 is 4.74 Å². The molecule has 147 valence electrons. The second-order valence-corrected chi connectivity index (χ2v) is 7.16. The van der Waals surface area contributed by atoms with Gasteiger partial charge in [0.15, 0.2) is 0 Å². The summed E-state index contributed by atoms with van der Waals surface area (Å²) in [5.74, 6) is 0. The number of amides is 1. The summed E-state index contributed by atoms with van der Waals surface area (Å²) in [5, 5.41) is 3.90. The van der Waals surface area contributed by atoms with Crippen LogP contribution in [0.2, 0.25) is 0 Å². The molecule has 0 unspecified atom stereocenters. The fourth-order valence-corrected chi connectivity index (χ4v) is 3.10. The van der Waals surface area contributed by atoms with Crippen molar-refractivity contribution in [3.8, 4) is 0 Å². The topological polar surface area (TPSA) is 40.4 Å². The first-order valence-corrected chi connectivity index (χ1v) is 10.8. The predicted octanol–water partition coefficient (Wildman–Crippen LogP) is 7.54. The highest BCUT2D eigenvalue weighted by atomic mass is 16.5. The molecular formula is C23H38NO2. The van der Waals surface area contributed by atoms with Crippen LogP contribution in [-0.4, -0.2) is 12.7 Å². The van der Waals surface area contributed by atoms with E-state index in [0.29, 0.717) is 12.3 Å². The monoisotopic (exact) mass is 360 g/mol. The lowest BCUT2D eigenvalue weighted by molar-refractivity contribution is 0.147. The highest BCUT2D eigenvalue weighted by Gasteiger charge is 2.04. The third-order valence-electron chi connectivity index (χ3n) is 4.70. The van der Waals surface area contributed by atoms with Crippen molar-refractivity contribution >= 4 is 11.8 Å². The Morgan fingerprint density at radius 3 is 1.69 bits per heavy atom. The molecule has 1 aromatic carbocycles. The molecule has 3 nitrogen and oxygen atoms in total. The van der Waals surface area contributed by atoms with Gasteiger partial charge in [0, 0.05) is 0 Å². The molecule has 1 rings (SSSR count). The molecule has 1 amide bonds. The zero-order valence-corrected chi connectivity index (χ0v) is 16.8. The van der Waals surface area contributed by atoms with E-state index in [2.05, 4.69) is 12.2 Å². The van der Waals surface area contributed by atoms with Crippen LogP contribution in [0.15, 0.2) is 30.3 Å². The van der Waals surface area contributed by atoms with Gasteiger partial charge in [-0.05, 0) is 18.6 Å². The van der Waals surface area contributed by atoms with E-state index in [1.165, 1.54) is 77.0 Å². The molecule has 0 aliphatic rings. The van der Waals surface area contributed by atoms with Crippen molar-refractivity contribution in [3.05, 3.63) is 30.3 Å². The Kier molecular flexibility index (Phi) is 14.7. The normalized spacial score (nSPS) is 10.7. The second-order valence-electron chi connectivity index (χ2n) is 7.16. The summed E-state index contributed by atoms with van der Waals surface area (Å²) >= 11 is 0. The fraction of sp³-hybridized carbons (Fsp3) is 0.696. The van der Waals surface area contributed by atoms with Crippen molar-refractivity contribution in [2.45, 2.75) is 96.8 Å². The molecule has 0 bridgehead atoms. The van der Waals surface area contributed by atoms with Crippen LogP contribution in [0.25, 0.3) is 0 Å². The Morgan fingerprint density at radius 1 is 0.731 bits per heavy atom. The van der Waals surface area contributed by atoms with Gasteiger partial charge in [-0.2, -0.15) is 5.32 Å². The van der Waals surface area contributed by atoms with Crippen molar-refractivity contribution in [1.29, 1.82) is 0 Å². The standard InChI is InChI=1S/C23H38NO2/c1-2-3-4-5-6-7-8-9-10-11-12-13-14-18-21-26-23(25)24-22-19-16-15-17-20-22/h15-17,19-20H,2-14,18,21H2,1H3. The van der Waals surface area contributed by atoms with Crippen LogP contribution >= 0.6 is 0 Å². The SMILES string of the molecule is CCCCCCCCCCCCCCCCOC(=O)[N]c1ccccc1. The molecule has 0 heterocycles. The molecule has 1 radical (unpaired) electrons. The Balaban J connectivity index is 1.77. The molecule has 0 N–H and O–H groups in total. The molecule has 0 spiro atoms. The maximum Gasteiger partial charge on any atom is 0.434 e. The van der Waals surface area contributed by atoms with E-state index in [-0.39, 0.29) is 0 Å². The third-order valence-corrected chi connectivity index (χ3v) is 4.70. The number of hydrogen-bond acceptors (Lipinski definition) is 2. The van der Waals surface area contributed by atoms with Crippen LogP contribution in [0.3, 0.4) is 0 Å². The number of ether oxygens (including phenoxy) is 1. The number of para-hydroxylation sites is 1. The van der Waals surface area contributed by atoms with Crippen molar-refractivity contribution in [2.75, 3.05) is 6.61 Å². The summed E-state index contributed by atoms with van der Waals surface area (Å²) in [7, 11) is 0. The zero-order chi connectivity index (χ0) is 18.7. The first-order chi connectivity index (χ1) is 12.8. The van der Waals surface area contributed by atoms with Gasteiger partial charge >= 0.3 is 6.09 Å². The minimum absolute atomic E-state index is 0.479. The Hall–Kier alpha value is -1.51. The molecule has 0 aliphatic heterocycles. The van der Waals surface area contributed by atoms with Crippen LogP contribution in [0, 0.1) is 0 Å². The zero-order valence-electron chi connectivity index (χ0n) is 16.8. The molecule has 0 saturated carbocycles. The van der Waals surface area contributed by atoms with Gasteiger partial charge in [0.1, 0.15) is 0 Å². The van der Waals surface area contributed by atoms with Gasteiger partial charge in [-0.3, -0.25) is 0 Å². The Bertz CT molecular complexity index is 433. The summed E-state index contributed by atoms with van der Waals surface area (Å²) in [6.45, 7) is 2.75. The summed E-state index contributed by atoms with van der Waals surface area (Å²) in [4.78, 5) is 11.6. The van der Waals surface area contributed by atoms with E-state index in [1.54, 1.807) is 12.1 Å². The van der Waals surface area contributed by atoms with Crippen LogP contribution in [-0.2, 0) is 4.74 Å². The van der Waals surface area contributed by atoms with Gasteiger partial charge in [-0.1, -0.05) is 109 Å². The number of unbranched alkanes of at least 4 members (excludes halogenated alkanes) is 13. The molecule has 0 fully saturated rings. The largest absolute Gasteiger partial charge is 0.448 e. The van der Waals surface area contributed by atoms with Crippen LogP contribution < -0.4 is 5.32 Å². The average molecular weight is 361 g/mol. The highest BCUT2D eigenvalue weighted by Crippen LogP contribution is 2.13. The Morgan fingerprint density at radius 2 is 1.19 bits per heavy atom. The minimum Gasteiger partial charge on any atom is -0.448 e. The molecule has 0 aromatic heterocycles. The molecule has 26 heavy (non-hydrogen) atoms. The smallest absolute Gasteiger partial charge is 0.434 e. The van der Waals surface area contributed by atoms with E-state index in [9.17, 15) is 4.79 Å². The van der Waals surface area contributed by atoms with E-state index in [4.69, 9.17) is 4.74 Å². The van der Waals surface area contributed by atoms with E-state index in [0.717, 1.165) is 12.8 Å². The number of carbonyl (C=O) groups excluding carboxylic acids is 1. The minimum atomic E-state index is -0.481. The first-order valence-electron chi connectivity index (χ1n) is 10.8. The summed E-state index contributed by atoms with van der Waals surface area (Å²) in [6.07, 6.45) is 18.1. The van der Waals surface area contributed by atoms with E-state index < -0.39 is 6.09 Å². The third kappa shape index (κ3) is 13.7.